The zero-order valence-electron chi connectivity index (χ0n) is 8.85. The van der Waals surface area contributed by atoms with Crippen molar-refractivity contribution >= 4 is 17.5 Å². The van der Waals surface area contributed by atoms with Crippen molar-refractivity contribution < 1.29 is 4.79 Å². The van der Waals surface area contributed by atoms with E-state index in [9.17, 15) is 4.79 Å². The van der Waals surface area contributed by atoms with Crippen molar-refractivity contribution in [1.29, 1.82) is 0 Å². The van der Waals surface area contributed by atoms with Crippen LogP contribution in [0.3, 0.4) is 0 Å². The number of halogens is 1. The topological polar surface area (TPSA) is 20.3 Å². The summed E-state index contributed by atoms with van der Waals surface area (Å²) in [4.78, 5) is 13.3. The molecule has 1 unspecified atom stereocenters. The first-order chi connectivity index (χ1) is 6.13. The maximum absolute atomic E-state index is 11.5. The fourth-order valence-corrected chi connectivity index (χ4v) is 1.26. The predicted molar refractivity (Wildman–Crippen MR) is 57.1 cm³/mol. The minimum absolute atomic E-state index is 0.236. The third kappa shape index (κ3) is 5.14. The molecule has 0 heterocycles. The van der Waals surface area contributed by atoms with E-state index in [1.165, 1.54) is 0 Å². The van der Waals surface area contributed by atoms with Crippen LogP contribution in [0.25, 0.3) is 0 Å². The van der Waals surface area contributed by atoms with E-state index in [4.69, 9.17) is 11.6 Å². The lowest BCUT2D eigenvalue weighted by Crippen LogP contribution is -2.34. The third-order valence-electron chi connectivity index (χ3n) is 2.42. The van der Waals surface area contributed by atoms with Gasteiger partial charge >= 0.3 is 0 Å². The SMILES string of the molecule is CCC(C)N(C)C(=O)CCCCCl. The van der Waals surface area contributed by atoms with E-state index in [1.54, 1.807) is 0 Å². The highest BCUT2D eigenvalue weighted by atomic mass is 35.5. The normalized spacial score (nSPS) is 12.6. The molecular weight excluding hydrogens is 186 g/mol. The highest BCUT2D eigenvalue weighted by molar-refractivity contribution is 6.17. The highest BCUT2D eigenvalue weighted by Crippen LogP contribution is 2.05. The number of nitrogens with zero attached hydrogens (tertiary/aromatic N) is 1. The Hall–Kier alpha value is -0.240. The molecular formula is C10H20ClNO. The van der Waals surface area contributed by atoms with Crippen LogP contribution in [0, 0.1) is 0 Å². The lowest BCUT2D eigenvalue weighted by Gasteiger charge is -2.23. The minimum Gasteiger partial charge on any atom is -0.343 e. The lowest BCUT2D eigenvalue weighted by atomic mass is 10.2. The molecule has 0 spiro atoms. The third-order valence-corrected chi connectivity index (χ3v) is 2.69. The fraction of sp³-hybridized carbons (Fsp3) is 0.900. The second kappa shape index (κ2) is 7.19. The average Bonchev–Trinajstić information content (AvgIpc) is 2.15. The summed E-state index contributed by atoms with van der Waals surface area (Å²) in [5.41, 5.74) is 0. The van der Waals surface area contributed by atoms with Crippen LogP contribution in [0.2, 0.25) is 0 Å². The Kier molecular flexibility index (Phi) is 7.06. The van der Waals surface area contributed by atoms with E-state index >= 15 is 0 Å². The first-order valence-electron chi connectivity index (χ1n) is 4.95. The van der Waals surface area contributed by atoms with Crippen LogP contribution in [0.15, 0.2) is 0 Å². The molecule has 0 aromatic rings. The van der Waals surface area contributed by atoms with Crippen molar-refractivity contribution in [3.63, 3.8) is 0 Å². The van der Waals surface area contributed by atoms with Crippen molar-refractivity contribution in [2.45, 2.75) is 45.6 Å². The van der Waals surface area contributed by atoms with Gasteiger partial charge in [-0.1, -0.05) is 6.92 Å². The van der Waals surface area contributed by atoms with E-state index in [0.29, 0.717) is 18.3 Å². The second-order valence-electron chi connectivity index (χ2n) is 3.41. The Bertz CT molecular complexity index is 150. The Labute approximate surface area is 86.2 Å². The first-order valence-corrected chi connectivity index (χ1v) is 5.48. The quantitative estimate of drug-likeness (QED) is 0.482. The Balaban J connectivity index is 3.69. The van der Waals surface area contributed by atoms with Crippen LogP contribution < -0.4 is 0 Å². The maximum Gasteiger partial charge on any atom is 0.222 e. The Morgan fingerprint density at radius 1 is 1.46 bits per heavy atom. The number of hydrogen-bond donors (Lipinski definition) is 0. The zero-order chi connectivity index (χ0) is 10.3. The van der Waals surface area contributed by atoms with E-state index in [-0.39, 0.29) is 5.91 Å². The van der Waals surface area contributed by atoms with Gasteiger partial charge in [-0.05, 0) is 26.2 Å². The number of unbranched alkanes of at least 4 members (excludes halogenated alkanes) is 1. The predicted octanol–water partition coefficient (Wildman–Crippen LogP) is 2.65. The number of hydrogen-bond acceptors (Lipinski definition) is 1. The van der Waals surface area contributed by atoms with E-state index in [1.807, 2.05) is 11.9 Å². The summed E-state index contributed by atoms with van der Waals surface area (Å²) in [6.45, 7) is 4.16. The van der Waals surface area contributed by atoms with Crippen LogP contribution in [0.1, 0.15) is 39.5 Å². The summed E-state index contributed by atoms with van der Waals surface area (Å²) in [6.07, 6.45) is 3.48. The van der Waals surface area contributed by atoms with Gasteiger partial charge in [0.25, 0.3) is 0 Å². The first kappa shape index (κ1) is 12.8. The van der Waals surface area contributed by atoms with Gasteiger partial charge in [0.05, 0.1) is 0 Å². The molecule has 0 aliphatic heterocycles. The molecule has 78 valence electrons. The summed E-state index contributed by atoms with van der Waals surface area (Å²) < 4.78 is 0. The largest absolute Gasteiger partial charge is 0.343 e. The number of rotatable bonds is 6. The molecule has 0 aromatic heterocycles. The Morgan fingerprint density at radius 3 is 2.54 bits per heavy atom. The molecule has 0 aliphatic carbocycles. The molecule has 0 fully saturated rings. The maximum atomic E-state index is 11.5. The molecule has 13 heavy (non-hydrogen) atoms. The van der Waals surface area contributed by atoms with Crippen LogP contribution in [-0.4, -0.2) is 29.8 Å². The Morgan fingerprint density at radius 2 is 2.08 bits per heavy atom. The van der Waals surface area contributed by atoms with Crippen molar-refractivity contribution in [2.24, 2.45) is 0 Å². The molecule has 0 rings (SSSR count). The molecule has 0 saturated heterocycles. The summed E-state index contributed by atoms with van der Waals surface area (Å²) in [7, 11) is 1.87. The van der Waals surface area contributed by atoms with Gasteiger partial charge in [-0.15, -0.1) is 11.6 Å². The number of alkyl halides is 1. The van der Waals surface area contributed by atoms with Gasteiger partial charge < -0.3 is 4.90 Å². The van der Waals surface area contributed by atoms with Crippen molar-refractivity contribution in [3.05, 3.63) is 0 Å². The summed E-state index contributed by atoms with van der Waals surface area (Å²) >= 11 is 5.53. The van der Waals surface area contributed by atoms with Crippen LogP contribution in [0.4, 0.5) is 0 Å². The molecule has 2 nitrogen and oxygen atoms in total. The van der Waals surface area contributed by atoms with Crippen LogP contribution in [-0.2, 0) is 4.79 Å². The summed E-state index contributed by atoms with van der Waals surface area (Å²) in [5.74, 6) is 0.889. The molecule has 1 amide bonds. The molecule has 3 heteroatoms. The van der Waals surface area contributed by atoms with Gasteiger partial charge in [-0.2, -0.15) is 0 Å². The molecule has 0 saturated carbocycles. The highest BCUT2D eigenvalue weighted by Gasteiger charge is 2.12. The van der Waals surface area contributed by atoms with Gasteiger partial charge in [0, 0.05) is 25.4 Å². The molecule has 0 aliphatic rings. The van der Waals surface area contributed by atoms with E-state index in [2.05, 4.69) is 13.8 Å². The number of amides is 1. The van der Waals surface area contributed by atoms with Gasteiger partial charge in [-0.25, -0.2) is 0 Å². The monoisotopic (exact) mass is 205 g/mol. The number of carbonyl (C=O) groups is 1. The molecule has 0 bridgehead atoms. The fourth-order valence-electron chi connectivity index (χ4n) is 1.07. The van der Waals surface area contributed by atoms with Crippen molar-refractivity contribution in [1.82, 2.24) is 4.90 Å². The van der Waals surface area contributed by atoms with Gasteiger partial charge in [0.1, 0.15) is 0 Å². The van der Waals surface area contributed by atoms with Gasteiger partial charge in [0.15, 0.2) is 0 Å². The smallest absolute Gasteiger partial charge is 0.222 e. The zero-order valence-corrected chi connectivity index (χ0v) is 9.60. The minimum atomic E-state index is 0.236. The standard InChI is InChI=1S/C10H20ClNO/c1-4-9(2)12(3)10(13)7-5-6-8-11/h9H,4-8H2,1-3H3. The molecule has 0 aromatic carbocycles. The van der Waals surface area contributed by atoms with E-state index < -0.39 is 0 Å². The van der Waals surface area contributed by atoms with Crippen LogP contribution >= 0.6 is 11.6 Å². The molecule has 0 N–H and O–H groups in total. The second-order valence-corrected chi connectivity index (χ2v) is 3.79. The average molecular weight is 206 g/mol. The van der Waals surface area contributed by atoms with Crippen LogP contribution in [0.5, 0.6) is 0 Å². The van der Waals surface area contributed by atoms with Gasteiger partial charge in [0.2, 0.25) is 5.91 Å². The number of carbonyl (C=O) groups excluding carboxylic acids is 1. The molecule has 1 atom stereocenters. The van der Waals surface area contributed by atoms with E-state index in [0.717, 1.165) is 19.3 Å². The summed E-state index contributed by atoms with van der Waals surface area (Å²) in [5, 5.41) is 0. The van der Waals surface area contributed by atoms with Crippen molar-refractivity contribution in [2.75, 3.05) is 12.9 Å². The lowest BCUT2D eigenvalue weighted by molar-refractivity contribution is -0.131. The van der Waals surface area contributed by atoms with Gasteiger partial charge in [-0.3, -0.25) is 4.79 Å². The van der Waals surface area contributed by atoms with Crippen molar-refractivity contribution in [3.8, 4) is 0 Å². The molecule has 0 radical (unpaired) electrons. The summed E-state index contributed by atoms with van der Waals surface area (Å²) in [6, 6.07) is 0.350.